The number of amides is 1. The van der Waals surface area contributed by atoms with E-state index in [0.29, 0.717) is 12.1 Å². The smallest absolute Gasteiger partial charge is 0.338 e. The molecule has 1 saturated heterocycles. The number of nitrogens with zero attached hydrogens (tertiary/aromatic N) is 2. The quantitative estimate of drug-likeness (QED) is 0.789. The number of ketones is 1. The molecule has 1 amide bonds. The van der Waals surface area contributed by atoms with E-state index in [2.05, 4.69) is 0 Å². The van der Waals surface area contributed by atoms with Crippen molar-refractivity contribution in [2.45, 2.75) is 44.9 Å². The van der Waals surface area contributed by atoms with Crippen molar-refractivity contribution in [1.82, 2.24) is 9.47 Å². The lowest BCUT2D eigenvalue weighted by Gasteiger charge is -2.33. The Morgan fingerprint density at radius 2 is 1.92 bits per heavy atom. The maximum Gasteiger partial charge on any atom is 0.454 e. The Hall–Kier alpha value is -2.31. The Morgan fingerprint density at radius 1 is 1.20 bits per heavy atom. The van der Waals surface area contributed by atoms with Crippen molar-refractivity contribution < 1.29 is 22.8 Å². The number of carbonyl (C=O) groups is 2. The minimum Gasteiger partial charge on any atom is -0.338 e. The van der Waals surface area contributed by atoms with Crippen LogP contribution in [0.4, 0.5) is 13.2 Å². The van der Waals surface area contributed by atoms with Crippen LogP contribution < -0.4 is 0 Å². The number of benzene rings is 1. The van der Waals surface area contributed by atoms with Gasteiger partial charge in [-0.1, -0.05) is 18.2 Å². The van der Waals surface area contributed by atoms with Gasteiger partial charge in [0.05, 0.1) is 5.56 Å². The Kier molecular flexibility index (Phi) is 4.58. The predicted molar refractivity (Wildman–Crippen MR) is 87.3 cm³/mol. The number of aromatic nitrogens is 1. The first kappa shape index (κ1) is 17.5. The first-order chi connectivity index (χ1) is 11.8. The first-order valence-corrected chi connectivity index (χ1v) is 8.28. The van der Waals surface area contributed by atoms with Gasteiger partial charge in [-0.3, -0.25) is 9.59 Å². The zero-order valence-corrected chi connectivity index (χ0v) is 13.8. The summed E-state index contributed by atoms with van der Waals surface area (Å²) >= 11 is 0. The molecule has 0 unspecified atom stereocenters. The van der Waals surface area contributed by atoms with E-state index in [4.69, 9.17) is 0 Å². The van der Waals surface area contributed by atoms with Gasteiger partial charge in [0.2, 0.25) is 5.91 Å². The lowest BCUT2D eigenvalue weighted by molar-refractivity contribution is -0.135. The summed E-state index contributed by atoms with van der Waals surface area (Å²) in [6.45, 7) is 2.56. The van der Waals surface area contributed by atoms with Gasteiger partial charge < -0.3 is 9.47 Å². The van der Waals surface area contributed by atoms with Crippen LogP contribution in [0.5, 0.6) is 0 Å². The van der Waals surface area contributed by atoms with Gasteiger partial charge in [0.25, 0.3) is 5.78 Å². The average Bonchev–Trinajstić information content (AvgIpc) is 2.92. The highest BCUT2D eigenvalue weighted by Gasteiger charge is 2.41. The van der Waals surface area contributed by atoms with E-state index >= 15 is 0 Å². The maximum absolute atomic E-state index is 12.8. The van der Waals surface area contributed by atoms with Gasteiger partial charge in [0, 0.05) is 29.7 Å². The Balaban J connectivity index is 1.94. The lowest BCUT2D eigenvalue weighted by Crippen LogP contribution is -2.43. The number of carbonyl (C=O) groups excluding carboxylic acids is 2. The summed E-state index contributed by atoms with van der Waals surface area (Å²) in [5.74, 6) is -2.03. The molecule has 0 saturated carbocycles. The fraction of sp³-hybridized carbons (Fsp3) is 0.444. The van der Waals surface area contributed by atoms with Crippen LogP contribution in [0.25, 0.3) is 10.9 Å². The number of fused-ring (bicyclic) bond motifs is 1. The third-order valence-electron chi connectivity index (χ3n) is 4.72. The van der Waals surface area contributed by atoms with Crippen molar-refractivity contribution in [3.8, 4) is 0 Å². The molecule has 7 heteroatoms. The molecule has 1 aliphatic heterocycles. The van der Waals surface area contributed by atoms with Crippen LogP contribution >= 0.6 is 0 Å². The van der Waals surface area contributed by atoms with E-state index < -0.39 is 17.5 Å². The maximum atomic E-state index is 12.8. The molecule has 2 heterocycles. The number of Topliss-reactive ketones (excluding diaryl/α,β-unsaturated/α-hetero) is 1. The number of hydrogen-bond donors (Lipinski definition) is 0. The summed E-state index contributed by atoms with van der Waals surface area (Å²) in [6, 6.07) is 6.47. The molecule has 1 atom stereocenters. The average molecular weight is 352 g/mol. The van der Waals surface area contributed by atoms with Crippen molar-refractivity contribution >= 4 is 22.6 Å². The van der Waals surface area contributed by atoms with Crippen LogP contribution in [0.1, 0.15) is 36.5 Å². The van der Waals surface area contributed by atoms with Crippen molar-refractivity contribution in [3.63, 3.8) is 0 Å². The highest BCUT2D eigenvalue weighted by molar-refractivity contribution is 6.10. The first-order valence-electron chi connectivity index (χ1n) is 8.28. The molecule has 0 radical (unpaired) electrons. The van der Waals surface area contributed by atoms with Crippen LogP contribution in [-0.2, 0) is 11.3 Å². The van der Waals surface area contributed by atoms with Gasteiger partial charge in [-0.05, 0) is 32.3 Å². The SMILES string of the molecule is C[C@@H]1CCCCN1C(=O)Cn1cc(C(=O)C(F)(F)F)c2ccccc21. The van der Waals surface area contributed by atoms with Crippen LogP contribution in [0.15, 0.2) is 30.5 Å². The summed E-state index contributed by atoms with van der Waals surface area (Å²) < 4.78 is 40.0. The number of rotatable bonds is 3. The summed E-state index contributed by atoms with van der Waals surface area (Å²) in [5, 5.41) is 0.212. The van der Waals surface area contributed by atoms with Crippen molar-refractivity contribution in [1.29, 1.82) is 0 Å². The van der Waals surface area contributed by atoms with E-state index in [1.165, 1.54) is 10.6 Å². The Bertz CT molecular complexity index is 810. The Labute approximate surface area is 143 Å². The molecule has 3 rings (SSSR count). The zero-order valence-electron chi connectivity index (χ0n) is 13.8. The molecule has 0 aliphatic carbocycles. The molecule has 0 N–H and O–H groups in total. The largest absolute Gasteiger partial charge is 0.454 e. The second-order valence-electron chi connectivity index (χ2n) is 6.45. The van der Waals surface area contributed by atoms with E-state index in [-0.39, 0.29) is 23.9 Å². The van der Waals surface area contributed by atoms with Crippen LogP contribution in [0.2, 0.25) is 0 Å². The molecule has 1 aliphatic rings. The van der Waals surface area contributed by atoms with Crippen molar-refractivity contribution in [3.05, 3.63) is 36.0 Å². The van der Waals surface area contributed by atoms with Crippen LogP contribution in [0, 0.1) is 0 Å². The number of para-hydroxylation sites is 1. The van der Waals surface area contributed by atoms with Crippen LogP contribution in [-0.4, -0.2) is 39.9 Å². The number of piperidine rings is 1. The highest BCUT2D eigenvalue weighted by Crippen LogP contribution is 2.29. The van der Waals surface area contributed by atoms with E-state index in [0.717, 1.165) is 25.5 Å². The molecule has 2 aromatic rings. The van der Waals surface area contributed by atoms with Gasteiger partial charge in [-0.2, -0.15) is 13.2 Å². The standard InChI is InChI=1S/C18H19F3N2O2/c1-12-6-4-5-9-23(12)16(24)11-22-10-14(17(25)18(19,20)21)13-7-2-3-8-15(13)22/h2-3,7-8,10,12H,4-6,9,11H2,1H3/t12-/m1/s1. The molecular weight excluding hydrogens is 333 g/mol. The molecule has 25 heavy (non-hydrogen) atoms. The number of hydrogen-bond acceptors (Lipinski definition) is 2. The molecule has 1 fully saturated rings. The van der Waals surface area contributed by atoms with E-state index in [1.54, 1.807) is 23.1 Å². The molecule has 1 aromatic carbocycles. The van der Waals surface area contributed by atoms with E-state index in [1.807, 2.05) is 6.92 Å². The third kappa shape index (κ3) is 3.41. The van der Waals surface area contributed by atoms with Gasteiger partial charge in [0.1, 0.15) is 6.54 Å². The molecule has 0 spiro atoms. The van der Waals surface area contributed by atoms with Crippen LogP contribution in [0.3, 0.4) is 0 Å². The number of alkyl halides is 3. The predicted octanol–water partition coefficient (Wildman–Crippen LogP) is 3.79. The molecular formula is C18H19F3N2O2. The summed E-state index contributed by atoms with van der Waals surface area (Å²) in [7, 11) is 0. The molecule has 4 nitrogen and oxygen atoms in total. The molecule has 134 valence electrons. The summed E-state index contributed by atoms with van der Waals surface area (Å²) in [6.07, 6.45) is -0.870. The van der Waals surface area contributed by atoms with Crippen molar-refractivity contribution in [2.24, 2.45) is 0 Å². The summed E-state index contributed by atoms with van der Waals surface area (Å²) in [4.78, 5) is 26.1. The Morgan fingerprint density at radius 3 is 2.60 bits per heavy atom. The van der Waals surface area contributed by atoms with Gasteiger partial charge in [0.15, 0.2) is 0 Å². The van der Waals surface area contributed by atoms with Gasteiger partial charge in [-0.15, -0.1) is 0 Å². The fourth-order valence-electron chi connectivity index (χ4n) is 3.42. The van der Waals surface area contributed by atoms with Gasteiger partial charge >= 0.3 is 6.18 Å². The molecule has 1 aromatic heterocycles. The minimum atomic E-state index is -4.94. The highest BCUT2D eigenvalue weighted by atomic mass is 19.4. The second kappa shape index (κ2) is 6.54. The second-order valence-corrected chi connectivity index (χ2v) is 6.45. The van der Waals surface area contributed by atoms with Gasteiger partial charge in [-0.25, -0.2) is 0 Å². The number of halogens is 3. The monoisotopic (exact) mass is 352 g/mol. The normalized spacial score (nSPS) is 18.6. The lowest BCUT2D eigenvalue weighted by atomic mass is 10.0. The van der Waals surface area contributed by atoms with Crippen molar-refractivity contribution in [2.75, 3.05) is 6.54 Å². The minimum absolute atomic E-state index is 0.0734. The summed E-state index contributed by atoms with van der Waals surface area (Å²) in [5.41, 5.74) is 0.0377. The van der Waals surface area contributed by atoms with E-state index in [9.17, 15) is 22.8 Å². The molecule has 0 bridgehead atoms. The fourth-order valence-corrected chi connectivity index (χ4v) is 3.42. The number of likely N-dealkylation sites (tertiary alicyclic amines) is 1. The zero-order chi connectivity index (χ0) is 18.2. The topological polar surface area (TPSA) is 42.3 Å². The third-order valence-corrected chi connectivity index (χ3v) is 4.72.